The molecule has 0 radical (unpaired) electrons. The van der Waals surface area contributed by atoms with E-state index in [9.17, 15) is 9.18 Å². The predicted molar refractivity (Wildman–Crippen MR) is 64.8 cm³/mol. The van der Waals surface area contributed by atoms with Crippen molar-refractivity contribution in [2.75, 3.05) is 0 Å². The van der Waals surface area contributed by atoms with Crippen LogP contribution in [0.5, 0.6) is 0 Å². The van der Waals surface area contributed by atoms with Crippen LogP contribution in [-0.2, 0) is 6.54 Å². The van der Waals surface area contributed by atoms with Crippen molar-refractivity contribution in [3.05, 3.63) is 52.7 Å². The third-order valence-electron chi connectivity index (χ3n) is 3.02. The monoisotopic (exact) mass is 230 g/mol. The Kier molecular flexibility index (Phi) is 2.04. The molecule has 3 nitrogen and oxygen atoms in total. The van der Waals surface area contributed by atoms with Crippen molar-refractivity contribution in [2.24, 2.45) is 0 Å². The van der Waals surface area contributed by atoms with Gasteiger partial charge >= 0.3 is 0 Å². The van der Waals surface area contributed by atoms with E-state index >= 15 is 0 Å². The topological polar surface area (TPSA) is 26.4 Å². The molecule has 3 rings (SSSR count). The highest BCUT2D eigenvalue weighted by molar-refractivity contribution is 5.79. The summed E-state index contributed by atoms with van der Waals surface area (Å²) in [5, 5.41) is 0. The first-order chi connectivity index (χ1) is 8.22. The van der Waals surface area contributed by atoms with Crippen LogP contribution in [0.2, 0.25) is 0 Å². The van der Waals surface area contributed by atoms with Gasteiger partial charge in [0.1, 0.15) is 11.3 Å². The van der Waals surface area contributed by atoms with Gasteiger partial charge in [-0.25, -0.2) is 4.39 Å². The summed E-state index contributed by atoms with van der Waals surface area (Å²) in [5.74, 6) is -0.297. The van der Waals surface area contributed by atoms with E-state index in [1.807, 2.05) is 6.92 Å². The van der Waals surface area contributed by atoms with Crippen LogP contribution in [0.4, 0.5) is 4.39 Å². The quantitative estimate of drug-likeness (QED) is 0.630. The maximum Gasteiger partial charge on any atom is 0.275 e. The van der Waals surface area contributed by atoms with E-state index in [0.717, 1.165) is 5.52 Å². The first-order valence-corrected chi connectivity index (χ1v) is 5.51. The highest BCUT2D eigenvalue weighted by atomic mass is 19.1. The van der Waals surface area contributed by atoms with E-state index in [0.29, 0.717) is 17.6 Å². The van der Waals surface area contributed by atoms with Crippen molar-refractivity contribution in [1.29, 1.82) is 0 Å². The molecule has 0 saturated heterocycles. The standard InChI is InChI=1S/C13H11FN2O/c1-2-15-10-6-5-9(14)8-12(10)16-7-3-4-11(16)13(15)17/h3-8H,2H2,1H3. The van der Waals surface area contributed by atoms with Gasteiger partial charge in [-0.05, 0) is 37.3 Å². The maximum atomic E-state index is 13.3. The Balaban J connectivity index is 2.67. The van der Waals surface area contributed by atoms with E-state index in [1.165, 1.54) is 12.1 Å². The normalized spacial score (nSPS) is 11.4. The Labute approximate surface area is 96.7 Å². The molecule has 17 heavy (non-hydrogen) atoms. The number of nitrogens with zero attached hydrogens (tertiary/aromatic N) is 2. The second kappa shape index (κ2) is 3.45. The molecular formula is C13H11FN2O. The number of benzene rings is 1. The van der Waals surface area contributed by atoms with Gasteiger partial charge in [-0.15, -0.1) is 0 Å². The fraction of sp³-hybridized carbons (Fsp3) is 0.154. The second-order valence-corrected chi connectivity index (χ2v) is 3.95. The summed E-state index contributed by atoms with van der Waals surface area (Å²) in [5.41, 5.74) is 2.00. The molecule has 0 aliphatic carbocycles. The number of aryl methyl sites for hydroxylation is 1. The highest BCUT2D eigenvalue weighted by Crippen LogP contribution is 2.16. The first-order valence-electron chi connectivity index (χ1n) is 5.51. The molecule has 3 aromatic rings. The van der Waals surface area contributed by atoms with Crippen molar-refractivity contribution >= 4 is 16.6 Å². The number of hydrogen-bond acceptors (Lipinski definition) is 1. The van der Waals surface area contributed by atoms with E-state index in [-0.39, 0.29) is 11.4 Å². The molecule has 0 aliphatic heterocycles. The molecule has 0 saturated carbocycles. The minimum absolute atomic E-state index is 0.0448. The largest absolute Gasteiger partial charge is 0.310 e. The average molecular weight is 230 g/mol. The Hall–Kier alpha value is -2.10. The van der Waals surface area contributed by atoms with Crippen LogP contribution >= 0.6 is 0 Å². The SMILES string of the molecule is CCn1c(=O)c2cccn2c2cc(F)ccc21. The number of hydrogen-bond donors (Lipinski definition) is 0. The van der Waals surface area contributed by atoms with Gasteiger partial charge in [0.2, 0.25) is 0 Å². The average Bonchev–Trinajstić information content (AvgIpc) is 2.80. The summed E-state index contributed by atoms with van der Waals surface area (Å²) in [7, 11) is 0. The summed E-state index contributed by atoms with van der Waals surface area (Å²) >= 11 is 0. The van der Waals surface area contributed by atoms with Crippen LogP contribution in [0.1, 0.15) is 6.92 Å². The summed E-state index contributed by atoms with van der Waals surface area (Å²) < 4.78 is 16.7. The van der Waals surface area contributed by atoms with Crippen molar-refractivity contribution in [3.8, 4) is 0 Å². The van der Waals surface area contributed by atoms with Gasteiger partial charge in [0.15, 0.2) is 0 Å². The van der Waals surface area contributed by atoms with E-state index in [1.54, 1.807) is 33.4 Å². The molecule has 0 unspecified atom stereocenters. The highest BCUT2D eigenvalue weighted by Gasteiger charge is 2.09. The smallest absolute Gasteiger partial charge is 0.275 e. The number of aromatic nitrogens is 2. The summed E-state index contributed by atoms with van der Waals surface area (Å²) in [4.78, 5) is 12.2. The summed E-state index contributed by atoms with van der Waals surface area (Å²) in [6.45, 7) is 2.48. The van der Waals surface area contributed by atoms with Gasteiger partial charge in [0.05, 0.1) is 11.0 Å². The van der Waals surface area contributed by atoms with Crippen LogP contribution in [-0.4, -0.2) is 8.97 Å². The van der Waals surface area contributed by atoms with Gasteiger partial charge in [0, 0.05) is 12.7 Å². The molecule has 0 atom stereocenters. The van der Waals surface area contributed by atoms with Gasteiger partial charge in [0.25, 0.3) is 5.56 Å². The van der Waals surface area contributed by atoms with Crippen LogP contribution in [0.25, 0.3) is 16.6 Å². The first kappa shape index (κ1) is 10.1. The fourth-order valence-electron chi connectivity index (χ4n) is 2.24. The van der Waals surface area contributed by atoms with Gasteiger partial charge in [-0.2, -0.15) is 0 Å². The lowest BCUT2D eigenvalue weighted by Gasteiger charge is -2.10. The summed E-state index contributed by atoms with van der Waals surface area (Å²) in [6.07, 6.45) is 1.78. The van der Waals surface area contributed by atoms with Crippen molar-refractivity contribution in [1.82, 2.24) is 8.97 Å². The molecule has 2 aromatic heterocycles. The van der Waals surface area contributed by atoms with E-state index < -0.39 is 0 Å². The third kappa shape index (κ3) is 1.30. The number of fused-ring (bicyclic) bond motifs is 3. The lowest BCUT2D eigenvalue weighted by molar-refractivity contribution is 0.628. The lowest BCUT2D eigenvalue weighted by Crippen LogP contribution is -2.21. The molecule has 0 N–H and O–H groups in total. The van der Waals surface area contributed by atoms with Gasteiger partial charge in [-0.3, -0.25) is 4.79 Å². The molecule has 0 bridgehead atoms. The minimum atomic E-state index is -0.297. The summed E-state index contributed by atoms with van der Waals surface area (Å²) in [6, 6.07) is 8.02. The molecule has 2 heterocycles. The molecule has 0 amide bonds. The fourth-order valence-corrected chi connectivity index (χ4v) is 2.24. The van der Waals surface area contributed by atoms with Crippen LogP contribution < -0.4 is 5.56 Å². The van der Waals surface area contributed by atoms with Crippen molar-refractivity contribution in [3.63, 3.8) is 0 Å². The number of rotatable bonds is 1. The van der Waals surface area contributed by atoms with Gasteiger partial charge in [-0.1, -0.05) is 0 Å². The van der Waals surface area contributed by atoms with Crippen LogP contribution in [0, 0.1) is 5.82 Å². The Bertz CT molecular complexity index is 770. The molecule has 0 fully saturated rings. The van der Waals surface area contributed by atoms with Crippen molar-refractivity contribution in [2.45, 2.75) is 13.5 Å². The zero-order chi connectivity index (χ0) is 12.0. The Morgan fingerprint density at radius 3 is 2.76 bits per heavy atom. The predicted octanol–water partition coefficient (Wildman–Crippen LogP) is 2.41. The lowest BCUT2D eigenvalue weighted by atomic mass is 10.2. The molecule has 0 aliphatic rings. The second-order valence-electron chi connectivity index (χ2n) is 3.95. The van der Waals surface area contributed by atoms with Gasteiger partial charge < -0.3 is 8.97 Å². The number of halogens is 1. The molecule has 0 spiro atoms. The Morgan fingerprint density at radius 1 is 1.18 bits per heavy atom. The zero-order valence-corrected chi connectivity index (χ0v) is 9.35. The van der Waals surface area contributed by atoms with E-state index in [2.05, 4.69) is 0 Å². The maximum absolute atomic E-state index is 13.3. The molecular weight excluding hydrogens is 219 g/mol. The van der Waals surface area contributed by atoms with Crippen LogP contribution in [0.3, 0.4) is 0 Å². The van der Waals surface area contributed by atoms with Crippen molar-refractivity contribution < 1.29 is 4.39 Å². The molecule has 1 aromatic carbocycles. The molecule has 4 heteroatoms. The zero-order valence-electron chi connectivity index (χ0n) is 9.35. The van der Waals surface area contributed by atoms with E-state index in [4.69, 9.17) is 0 Å². The minimum Gasteiger partial charge on any atom is -0.310 e. The molecule has 86 valence electrons. The third-order valence-corrected chi connectivity index (χ3v) is 3.02. The van der Waals surface area contributed by atoms with Crippen LogP contribution in [0.15, 0.2) is 41.3 Å². The Morgan fingerprint density at radius 2 is 2.00 bits per heavy atom.